The van der Waals surface area contributed by atoms with Crippen molar-refractivity contribution in [2.75, 3.05) is 32.7 Å². The van der Waals surface area contributed by atoms with Crippen LogP contribution in [0.2, 0.25) is 0 Å². The number of carboxylic acid groups (broad SMARTS) is 3. The molecule has 0 amide bonds. The Morgan fingerprint density at radius 1 is 0.857 bits per heavy atom. The monoisotopic (exact) mass is 629 g/mol. The second-order valence-electron chi connectivity index (χ2n) is 9.29. The van der Waals surface area contributed by atoms with Crippen molar-refractivity contribution in [1.29, 1.82) is 0 Å². The first kappa shape index (κ1) is 36.8. The fourth-order valence-corrected chi connectivity index (χ4v) is 3.71. The summed E-state index contributed by atoms with van der Waals surface area (Å²) in [5.41, 5.74) is 1.18. The van der Waals surface area contributed by atoms with Gasteiger partial charge in [-0.05, 0) is 36.8 Å². The molecule has 0 spiro atoms. The van der Waals surface area contributed by atoms with Gasteiger partial charge in [0.25, 0.3) is 0 Å². The molecule has 2 saturated heterocycles. The lowest BCUT2D eigenvalue weighted by molar-refractivity contribution is -0.193. The number of fused-ring (bicyclic) bond motifs is 1. The Bertz CT molecular complexity index is 947. The third-order valence-electron chi connectivity index (χ3n) is 5.81. The predicted molar refractivity (Wildman–Crippen MR) is 123 cm³/mol. The number of aromatic nitrogens is 1. The van der Waals surface area contributed by atoms with E-state index in [9.17, 15) is 39.5 Å². The fraction of sp³-hybridized carbons (Fsp3) is 0.652. The first-order valence-electron chi connectivity index (χ1n) is 12.1. The van der Waals surface area contributed by atoms with Crippen molar-refractivity contribution in [3.8, 4) is 0 Å². The van der Waals surface area contributed by atoms with Gasteiger partial charge in [-0.25, -0.2) is 14.4 Å². The Labute approximate surface area is 232 Å². The average molecular weight is 629 g/mol. The normalized spacial score (nSPS) is 20.9. The summed E-state index contributed by atoms with van der Waals surface area (Å²) in [6.45, 7) is 6.88. The molecule has 1 saturated carbocycles. The number of carboxylic acids is 3. The van der Waals surface area contributed by atoms with E-state index in [1.54, 1.807) is 0 Å². The average Bonchev–Trinajstić information content (AvgIpc) is 3.58. The number of alkyl halides is 9. The maximum absolute atomic E-state index is 10.6. The molecule has 3 heterocycles. The standard InChI is InChI=1S/C17H25N3O.3C2HF3O2/c1-2-15(9-18-5-1)13-21-17-8-16-11-19(10-14-3-4-14)6-7-20(16)12-17;3*3-2(4,5)1(6)7/h1-2,5,9,14,16-17H,3-4,6-8,10-13H2;3*(H,6,7)/t16-,17+;;;/m1.../s1. The van der Waals surface area contributed by atoms with Crippen LogP contribution in [0.5, 0.6) is 0 Å². The zero-order valence-electron chi connectivity index (χ0n) is 21.6. The summed E-state index contributed by atoms with van der Waals surface area (Å²) >= 11 is 0. The molecule has 1 aromatic rings. The summed E-state index contributed by atoms with van der Waals surface area (Å²) < 4.78 is 101. The predicted octanol–water partition coefficient (Wildman–Crippen LogP) is 3.67. The number of nitrogens with zero attached hydrogens (tertiary/aromatic N) is 3. The molecule has 4 rings (SSSR count). The van der Waals surface area contributed by atoms with E-state index in [1.165, 1.54) is 51.0 Å². The van der Waals surface area contributed by atoms with Crippen LogP contribution in [0, 0.1) is 5.92 Å². The number of hydrogen-bond donors (Lipinski definition) is 3. The number of rotatable bonds is 5. The zero-order valence-corrected chi connectivity index (χ0v) is 21.6. The van der Waals surface area contributed by atoms with Gasteiger partial charge in [-0.3, -0.25) is 9.88 Å². The summed E-state index contributed by atoms with van der Waals surface area (Å²) in [4.78, 5) is 36.2. The highest BCUT2D eigenvalue weighted by Gasteiger charge is 2.40. The summed E-state index contributed by atoms with van der Waals surface area (Å²) in [6.07, 6.45) is -7.02. The molecule has 0 radical (unpaired) electrons. The molecule has 10 nitrogen and oxygen atoms in total. The largest absolute Gasteiger partial charge is 0.490 e. The van der Waals surface area contributed by atoms with E-state index >= 15 is 0 Å². The van der Waals surface area contributed by atoms with E-state index in [0.717, 1.165) is 18.5 Å². The Morgan fingerprint density at radius 2 is 1.36 bits per heavy atom. The first-order chi connectivity index (χ1) is 19.2. The molecule has 42 heavy (non-hydrogen) atoms. The van der Waals surface area contributed by atoms with Gasteiger partial charge in [-0.1, -0.05) is 6.07 Å². The van der Waals surface area contributed by atoms with E-state index in [-0.39, 0.29) is 0 Å². The van der Waals surface area contributed by atoms with Crippen molar-refractivity contribution < 1.29 is 74.0 Å². The Kier molecular flexibility index (Phi) is 13.9. The molecule has 19 heteroatoms. The second-order valence-corrected chi connectivity index (χ2v) is 9.29. The molecule has 3 N–H and O–H groups in total. The van der Waals surface area contributed by atoms with Crippen LogP contribution in [0.4, 0.5) is 39.5 Å². The van der Waals surface area contributed by atoms with Crippen molar-refractivity contribution in [3.63, 3.8) is 0 Å². The maximum Gasteiger partial charge on any atom is 0.490 e. The topological polar surface area (TPSA) is 140 Å². The third kappa shape index (κ3) is 15.2. The van der Waals surface area contributed by atoms with E-state index in [2.05, 4.69) is 20.9 Å². The lowest BCUT2D eigenvalue weighted by Crippen LogP contribution is -2.50. The number of carbonyl (C=O) groups is 3. The molecule has 0 aromatic carbocycles. The number of halogens is 9. The highest BCUT2D eigenvalue weighted by molar-refractivity contribution is 5.73. The molecule has 3 fully saturated rings. The Balaban J connectivity index is 0.000000348. The van der Waals surface area contributed by atoms with Crippen LogP contribution in [-0.4, -0.2) is 111 Å². The molecule has 2 atom stereocenters. The molecule has 1 aromatic heterocycles. The van der Waals surface area contributed by atoms with Gasteiger partial charge in [-0.15, -0.1) is 0 Å². The minimum atomic E-state index is -5.08. The summed E-state index contributed by atoms with van der Waals surface area (Å²) in [7, 11) is 0. The molecule has 0 unspecified atom stereocenters. The number of ether oxygens (including phenoxy) is 1. The van der Waals surface area contributed by atoms with Crippen LogP contribution in [0.15, 0.2) is 24.5 Å². The molecule has 0 bridgehead atoms. The van der Waals surface area contributed by atoms with Gasteiger partial charge < -0.3 is 25.0 Å². The van der Waals surface area contributed by atoms with E-state index < -0.39 is 36.4 Å². The van der Waals surface area contributed by atoms with E-state index in [4.69, 9.17) is 34.4 Å². The second kappa shape index (κ2) is 15.9. The number of hydrogen-bond acceptors (Lipinski definition) is 7. The molecule has 1 aliphatic carbocycles. The van der Waals surface area contributed by atoms with Gasteiger partial charge in [0.2, 0.25) is 0 Å². The molecule has 2 aliphatic heterocycles. The van der Waals surface area contributed by atoms with Crippen molar-refractivity contribution in [2.24, 2.45) is 5.92 Å². The van der Waals surface area contributed by atoms with Gasteiger partial charge >= 0.3 is 36.4 Å². The summed E-state index contributed by atoms with van der Waals surface area (Å²) in [6, 6.07) is 4.79. The highest BCUT2D eigenvalue weighted by Crippen LogP contribution is 2.32. The van der Waals surface area contributed by atoms with Crippen LogP contribution in [-0.2, 0) is 25.7 Å². The summed E-state index contributed by atoms with van der Waals surface area (Å²) in [5.74, 6) is -7.26. The number of piperazine rings is 1. The van der Waals surface area contributed by atoms with Gasteiger partial charge in [-0.2, -0.15) is 39.5 Å². The first-order valence-corrected chi connectivity index (χ1v) is 12.1. The van der Waals surface area contributed by atoms with Crippen LogP contribution in [0.1, 0.15) is 24.8 Å². The zero-order chi connectivity index (χ0) is 32.3. The molecular formula is C23H28F9N3O7. The van der Waals surface area contributed by atoms with Crippen LogP contribution in [0.25, 0.3) is 0 Å². The Hall–Kier alpha value is -3.19. The summed E-state index contributed by atoms with van der Waals surface area (Å²) in [5, 5.41) is 21.4. The van der Waals surface area contributed by atoms with Crippen molar-refractivity contribution in [3.05, 3.63) is 30.1 Å². The maximum atomic E-state index is 10.6. The van der Waals surface area contributed by atoms with Crippen LogP contribution in [0.3, 0.4) is 0 Å². The smallest absolute Gasteiger partial charge is 0.475 e. The molecule has 240 valence electrons. The van der Waals surface area contributed by atoms with E-state index in [1.807, 2.05) is 18.5 Å². The van der Waals surface area contributed by atoms with Crippen molar-refractivity contribution >= 4 is 17.9 Å². The van der Waals surface area contributed by atoms with Crippen LogP contribution >= 0.6 is 0 Å². The lowest BCUT2D eigenvalue weighted by atomic mass is 10.1. The number of pyridine rings is 1. The van der Waals surface area contributed by atoms with Gasteiger partial charge in [0.15, 0.2) is 0 Å². The van der Waals surface area contributed by atoms with Crippen molar-refractivity contribution in [2.45, 2.75) is 56.5 Å². The highest BCUT2D eigenvalue weighted by atomic mass is 19.4. The fourth-order valence-electron chi connectivity index (χ4n) is 3.71. The van der Waals surface area contributed by atoms with Gasteiger partial charge in [0, 0.05) is 51.2 Å². The van der Waals surface area contributed by atoms with Gasteiger partial charge in [0.05, 0.1) is 12.7 Å². The Morgan fingerprint density at radius 3 is 1.76 bits per heavy atom. The minimum Gasteiger partial charge on any atom is -0.475 e. The SMILES string of the molecule is O=C(O)C(F)(F)F.O=C(O)C(F)(F)F.O=C(O)C(F)(F)F.c1cncc(CO[C@H]2C[C@@H]3CN(CC4CC4)CCN3C2)c1. The minimum absolute atomic E-state index is 0.399. The van der Waals surface area contributed by atoms with Crippen LogP contribution < -0.4 is 0 Å². The lowest BCUT2D eigenvalue weighted by Gasteiger charge is -2.37. The molecular weight excluding hydrogens is 601 g/mol. The third-order valence-corrected chi connectivity index (χ3v) is 5.81. The van der Waals surface area contributed by atoms with Gasteiger partial charge in [0.1, 0.15) is 0 Å². The van der Waals surface area contributed by atoms with E-state index in [0.29, 0.717) is 12.7 Å². The quantitative estimate of drug-likeness (QED) is 0.414. The number of aliphatic carboxylic acids is 3. The molecule has 3 aliphatic rings. The van der Waals surface area contributed by atoms with Crippen molar-refractivity contribution in [1.82, 2.24) is 14.8 Å².